The summed E-state index contributed by atoms with van der Waals surface area (Å²) in [7, 11) is 0. The van der Waals surface area contributed by atoms with Crippen LogP contribution >= 0.6 is 0 Å². The SMILES string of the molecule is CC(=O)Nc1cccc(NC(=O)C2CCCN(c3cc(-n4nc(C)cc4C)ncn3)C2)c1. The van der Waals surface area contributed by atoms with Gasteiger partial charge in [0.05, 0.1) is 11.6 Å². The van der Waals surface area contributed by atoms with E-state index in [-0.39, 0.29) is 17.7 Å². The molecule has 0 spiro atoms. The minimum absolute atomic E-state index is 0.0394. The Kier molecular flexibility index (Phi) is 6.16. The monoisotopic (exact) mass is 433 g/mol. The van der Waals surface area contributed by atoms with Crippen molar-refractivity contribution in [2.75, 3.05) is 28.6 Å². The Morgan fingerprint density at radius 2 is 1.78 bits per heavy atom. The zero-order valence-electron chi connectivity index (χ0n) is 18.5. The minimum Gasteiger partial charge on any atom is -0.356 e. The first-order valence-electron chi connectivity index (χ1n) is 10.7. The van der Waals surface area contributed by atoms with E-state index in [4.69, 9.17) is 0 Å². The molecule has 1 aromatic carbocycles. The first-order chi connectivity index (χ1) is 15.4. The number of hydrogen-bond acceptors (Lipinski definition) is 6. The van der Waals surface area contributed by atoms with Crippen LogP contribution in [-0.4, -0.2) is 44.7 Å². The number of aryl methyl sites for hydroxylation is 2. The first-order valence-corrected chi connectivity index (χ1v) is 10.7. The molecule has 1 fully saturated rings. The molecule has 1 aliphatic rings. The summed E-state index contributed by atoms with van der Waals surface area (Å²) >= 11 is 0. The second kappa shape index (κ2) is 9.17. The molecule has 9 heteroatoms. The summed E-state index contributed by atoms with van der Waals surface area (Å²) in [6, 6.07) is 11.1. The highest BCUT2D eigenvalue weighted by Crippen LogP contribution is 2.24. The Morgan fingerprint density at radius 3 is 2.50 bits per heavy atom. The molecule has 1 atom stereocenters. The smallest absolute Gasteiger partial charge is 0.229 e. The van der Waals surface area contributed by atoms with Gasteiger partial charge in [-0.2, -0.15) is 5.10 Å². The fourth-order valence-corrected chi connectivity index (χ4v) is 4.01. The predicted octanol–water partition coefficient (Wildman–Crippen LogP) is 3.09. The Hall–Kier alpha value is -3.75. The number of nitrogens with one attached hydrogen (secondary N) is 2. The van der Waals surface area contributed by atoms with Crippen LogP contribution in [-0.2, 0) is 9.59 Å². The van der Waals surface area contributed by atoms with Crippen LogP contribution in [0.3, 0.4) is 0 Å². The fraction of sp³-hybridized carbons (Fsp3) is 0.348. The third-order valence-corrected chi connectivity index (χ3v) is 5.43. The Morgan fingerprint density at radius 1 is 1.03 bits per heavy atom. The standard InChI is InChI=1S/C23H27N7O2/c1-15-10-16(2)30(28-15)22-12-21(24-14-25-22)29-9-5-6-18(13-29)23(32)27-20-8-4-7-19(11-20)26-17(3)31/h4,7-8,10-12,14,18H,5-6,9,13H2,1-3H3,(H,26,31)(H,27,32). The summed E-state index contributed by atoms with van der Waals surface area (Å²) in [5, 5.41) is 10.2. The highest BCUT2D eigenvalue weighted by molar-refractivity contribution is 5.94. The zero-order chi connectivity index (χ0) is 22.7. The normalized spacial score (nSPS) is 16.0. The number of benzene rings is 1. The topological polar surface area (TPSA) is 105 Å². The molecule has 0 aliphatic carbocycles. The van der Waals surface area contributed by atoms with Gasteiger partial charge in [-0.15, -0.1) is 0 Å². The Bertz CT molecular complexity index is 1140. The molecule has 3 aromatic rings. The summed E-state index contributed by atoms with van der Waals surface area (Å²) in [4.78, 5) is 35.2. The summed E-state index contributed by atoms with van der Waals surface area (Å²) in [6.45, 7) is 6.80. The number of carbonyl (C=O) groups is 2. The van der Waals surface area contributed by atoms with Crippen molar-refractivity contribution in [1.29, 1.82) is 0 Å². The van der Waals surface area contributed by atoms with E-state index in [2.05, 4.69) is 30.6 Å². The first kappa shape index (κ1) is 21.5. The number of piperidine rings is 1. The van der Waals surface area contributed by atoms with Gasteiger partial charge in [0.25, 0.3) is 0 Å². The maximum Gasteiger partial charge on any atom is 0.229 e. The number of hydrogen-bond donors (Lipinski definition) is 2. The van der Waals surface area contributed by atoms with Crippen LogP contribution in [0.4, 0.5) is 17.2 Å². The summed E-state index contributed by atoms with van der Waals surface area (Å²) < 4.78 is 1.80. The van der Waals surface area contributed by atoms with Crippen molar-refractivity contribution in [3.63, 3.8) is 0 Å². The van der Waals surface area contributed by atoms with Gasteiger partial charge in [-0.1, -0.05) is 6.07 Å². The lowest BCUT2D eigenvalue weighted by molar-refractivity contribution is -0.120. The largest absolute Gasteiger partial charge is 0.356 e. The summed E-state index contributed by atoms with van der Waals surface area (Å²) in [5.74, 6) is 1.14. The van der Waals surface area contributed by atoms with Gasteiger partial charge in [-0.05, 0) is 51.0 Å². The molecule has 2 N–H and O–H groups in total. The van der Waals surface area contributed by atoms with Crippen molar-refractivity contribution in [2.24, 2.45) is 5.92 Å². The number of aromatic nitrogens is 4. The molecule has 32 heavy (non-hydrogen) atoms. The second-order valence-electron chi connectivity index (χ2n) is 8.11. The van der Waals surface area contributed by atoms with Crippen LogP contribution in [0.15, 0.2) is 42.7 Å². The fourth-order valence-electron chi connectivity index (χ4n) is 4.01. The van der Waals surface area contributed by atoms with Crippen LogP contribution in [0.25, 0.3) is 5.82 Å². The molecule has 1 unspecified atom stereocenters. The number of rotatable bonds is 5. The average Bonchev–Trinajstić information content (AvgIpc) is 3.11. The van der Waals surface area contributed by atoms with E-state index in [1.165, 1.54) is 6.92 Å². The molecule has 1 aliphatic heterocycles. The number of amides is 2. The van der Waals surface area contributed by atoms with Crippen LogP contribution in [0, 0.1) is 19.8 Å². The third-order valence-electron chi connectivity index (χ3n) is 5.43. The molecule has 0 bridgehead atoms. The van der Waals surface area contributed by atoms with Gasteiger partial charge >= 0.3 is 0 Å². The molecule has 9 nitrogen and oxygen atoms in total. The maximum absolute atomic E-state index is 12.9. The van der Waals surface area contributed by atoms with E-state index >= 15 is 0 Å². The lowest BCUT2D eigenvalue weighted by Crippen LogP contribution is -2.41. The van der Waals surface area contributed by atoms with Gasteiger partial charge < -0.3 is 15.5 Å². The molecule has 0 saturated carbocycles. The molecule has 0 radical (unpaired) electrons. The van der Waals surface area contributed by atoms with E-state index in [9.17, 15) is 9.59 Å². The summed E-state index contributed by atoms with van der Waals surface area (Å²) in [6.07, 6.45) is 3.24. The van der Waals surface area contributed by atoms with Gasteiger partial charge in [-0.25, -0.2) is 14.6 Å². The molecule has 3 heterocycles. The molecular weight excluding hydrogens is 406 g/mol. The van der Waals surface area contributed by atoms with Gasteiger partial charge in [0, 0.05) is 43.1 Å². The zero-order valence-corrected chi connectivity index (χ0v) is 18.5. The van der Waals surface area contributed by atoms with Crippen LogP contribution in [0.5, 0.6) is 0 Å². The number of anilines is 3. The van der Waals surface area contributed by atoms with Crippen molar-refractivity contribution in [2.45, 2.75) is 33.6 Å². The molecule has 166 valence electrons. The van der Waals surface area contributed by atoms with E-state index in [1.54, 1.807) is 29.2 Å². The Labute approximate surface area is 186 Å². The molecule has 4 rings (SSSR count). The lowest BCUT2D eigenvalue weighted by Gasteiger charge is -2.33. The summed E-state index contributed by atoms with van der Waals surface area (Å²) in [5.41, 5.74) is 3.25. The van der Waals surface area contributed by atoms with E-state index in [0.717, 1.165) is 36.6 Å². The highest BCUT2D eigenvalue weighted by atomic mass is 16.2. The van der Waals surface area contributed by atoms with E-state index in [1.807, 2.05) is 32.0 Å². The maximum atomic E-state index is 12.9. The van der Waals surface area contributed by atoms with Gasteiger partial charge in [0.2, 0.25) is 11.8 Å². The molecule has 1 saturated heterocycles. The van der Waals surface area contributed by atoms with E-state index < -0.39 is 0 Å². The number of carbonyl (C=O) groups excluding carboxylic acids is 2. The van der Waals surface area contributed by atoms with Gasteiger partial charge in [0.1, 0.15) is 12.1 Å². The van der Waals surface area contributed by atoms with Crippen molar-refractivity contribution in [1.82, 2.24) is 19.7 Å². The predicted molar refractivity (Wildman–Crippen MR) is 123 cm³/mol. The highest BCUT2D eigenvalue weighted by Gasteiger charge is 2.27. The van der Waals surface area contributed by atoms with Gasteiger partial charge in [0.15, 0.2) is 5.82 Å². The Balaban J connectivity index is 1.46. The minimum atomic E-state index is -0.166. The quantitative estimate of drug-likeness (QED) is 0.641. The van der Waals surface area contributed by atoms with Gasteiger partial charge in [-0.3, -0.25) is 9.59 Å². The second-order valence-corrected chi connectivity index (χ2v) is 8.11. The van der Waals surface area contributed by atoms with Crippen LogP contribution < -0.4 is 15.5 Å². The van der Waals surface area contributed by atoms with Crippen molar-refractivity contribution < 1.29 is 9.59 Å². The molecule has 2 amide bonds. The van der Waals surface area contributed by atoms with Crippen LogP contribution in [0.1, 0.15) is 31.2 Å². The van der Waals surface area contributed by atoms with Crippen molar-refractivity contribution >= 4 is 29.0 Å². The molecular formula is C23H27N7O2. The molecule has 2 aromatic heterocycles. The lowest BCUT2D eigenvalue weighted by atomic mass is 9.97. The number of nitrogens with zero attached hydrogens (tertiary/aromatic N) is 5. The van der Waals surface area contributed by atoms with E-state index in [0.29, 0.717) is 23.7 Å². The van der Waals surface area contributed by atoms with Crippen molar-refractivity contribution in [3.05, 3.63) is 54.1 Å². The average molecular weight is 434 g/mol. The van der Waals surface area contributed by atoms with Crippen molar-refractivity contribution in [3.8, 4) is 5.82 Å². The van der Waals surface area contributed by atoms with Crippen LogP contribution in [0.2, 0.25) is 0 Å². The third kappa shape index (κ3) is 4.93.